The molecule has 0 atom stereocenters. The monoisotopic (exact) mass is 529 g/mol. The number of hydrogen-bond acceptors (Lipinski definition) is 5. The fourth-order valence-corrected chi connectivity index (χ4v) is 6.92. The summed E-state index contributed by atoms with van der Waals surface area (Å²) in [5, 5.41) is 2.09. The van der Waals surface area contributed by atoms with E-state index < -0.39 is 10.0 Å². The van der Waals surface area contributed by atoms with Gasteiger partial charge >= 0.3 is 4.87 Å². The number of nitrogens with one attached hydrogen (secondary N) is 1. The predicted octanol–water partition coefficient (Wildman–Crippen LogP) is 4.09. The fraction of sp³-hybridized carbons (Fsp3) is 0.280. The Balaban J connectivity index is 1.19. The summed E-state index contributed by atoms with van der Waals surface area (Å²) in [7, 11) is -3.66. The van der Waals surface area contributed by atoms with Gasteiger partial charge in [-0.1, -0.05) is 59.3 Å². The second kappa shape index (κ2) is 9.73. The third kappa shape index (κ3) is 4.99. The highest BCUT2D eigenvalue weighted by Crippen LogP contribution is 2.25. The number of carbonyl (C=O) groups is 1. The number of amides is 1. The van der Waals surface area contributed by atoms with E-state index in [2.05, 4.69) is 4.72 Å². The average molecular weight is 530 g/mol. The first-order valence-corrected chi connectivity index (χ1v) is 14.0. The SMILES string of the molecule is O=C(Cn1c(=O)sc2ccc(Cl)cc21)N1CCC(CNS(=O)(=O)c2cccc3ccccc23)CC1. The molecule has 1 aliphatic heterocycles. The minimum Gasteiger partial charge on any atom is -0.341 e. The number of piperidine rings is 1. The Kier molecular flexibility index (Phi) is 6.67. The van der Waals surface area contributed by atoms with Crippen LogP contribution in [0.2, 0.25) is 5.02 Å². The third-order valence-electron chi connectivity index (χ3n) is 6.49. The van der Waals surface area contributed by atoms with Gasteiger partial charge in [0.2, 0.25) is 15.9 Å². The smallest absolute Gasteiger partial charge is 0.308 e. The Morgan fingerprint density at radius 3 is 2.60 bits per heavy atom. The van der Waals surface area contributed by atoms with Crippen LogP contribution < -0.4 is 9.60 Å². The summed E-state index contributed by atoms with van der Waals surface area (Å²) in [4.78, 5) is 27.1. The van der Waals surface area contributed by atoms with Gasteiger partial charge in [0, 0.05) is 30.0 Å². The lowest BCUT2D eigenvalue weighted by molar-refractivity contribution is -0.133. The highest BCUT2D eigenvalue weighted by molar-refractivity contribution is 7.89. The summed E-state index contributed by atoms with van der Waals surface area (Å²) in [6.07, 6.45) is 1.38. The fourth-order valence-electron chi connectivity index (χ4n) is 4.54. The number of hydrogen-bond donors (Lipinski definition) is 1. The maximum absolute atomic E-state index is 13.0. The topological polar surface area (TPSA) is 88.5 Å². The highest BCUT2D eigenvalue weighted by Gasteiger charge is 2.26. The first-order valence-electron chi connectivity index (χ1n) is 11.4. The van der Waals surface area contributed by atoms with Crippen LogP contribution in [-0.4, -0.2) is 43.4 Å². The largest absolute Gasteiger partial charge is 0.341 e. The molecule has 1 N–H and O–H groups in total. The lowest BCUT2D eigenvalue weighted by atomic mass is 9.97. The zero-order valence-electron chi connectivity index (χ0n) is 18.8. The van der Waals surface area contributed by atoms with E-state index in [1.807, 2.05) is 30.3 Å². The molecule has 10 heteroatoms. The van der Waals surface area contributed by atoms with Crippen molar-refractivity contribution in [1.82, 2.24) is 14.2 Å². The molecule has 1 fully saturated rings. The van der Waals surface area contributed by atoms with Crippen LogP contribution in [0.3, 0.4) is 0 Å². The van der Waals surface area contributed by atoms with E-state index >= 15 is 0 Å². The molecule has 3 aromatic carbocycles. The van der Waals surface area contributed by atoms with Crippen LogP contribution in [0, 0.1) is 5.92 Å². The van der Waals surface area contributed by atoms with Crippen LogP contribution >= 0.6 is 22.9 Å². The molecule has 7 nitrogen and oxygen atoms in total. The molecule has 0 bridgehead atoms. The van der Waals surface area contributed by atoms with Crippen molar-refractivity contribution in [1.29, 1.82) is 0 Å². The molecule has 4 aromatic rings. The van der Waals surface area contributed by atoms with Crippen molar-refractivity contribution in [2.24, 2.45) is 5.92 Å². The Labute approximate surface area is 212 Å². The van der Waals surface area contributed by atoms with E-state index in [4.69, 9.17) is 11.6 Å². The van der Waals surface area contributed by atoms with Gasteiger partial charge in [-0.25, -0.2) is 13.1 Å². The first kappa shape index (κ1) is 24.0. The zero-order valence-corrected chi connectivity index (χ0v) is 21.2. The summed E-state index contributed by atoms with van der Waals surface area (Å²) in [5.74, 6) is 0.00821. The van der Waals surface area contributed by atoms with Crippen LogP contribution in [0.1, 0.15) is 12.8 Å². The van der Waals surface area contributed by atoms with Gasteiger partial charge in [0.05, 0.1) is 15.1 Å². The number of thiazole rings is 1. The second-order valence-electron chi connectivity index (χ2n) is 8.72. The first-order chi connectivity index (χ1) is 16.8. The van der Waals surface area contributed by atoms with Gasteiger partial charge in [-0.15, -0.1) is 0 Å². The number of nitrogens with zero attached hydrogens (tertiary/aromatic N) is 2. The Hall–Kier alpha value is -2.72. The molecule has 0 radical (unpaired) electrons. The van der Waals surface area contributed by atoms with Gasteiger partial charge in [0.1, 0.15) is 6.54 Å². The van der Waals surface area contributed by atoms with Crippen LogP contribution in [-0.2, 0) is 21.4 Å². The maximum Gasteiger partial charge on any atom is 0.308 e. The quantitative estimate of drug-likeness (QED) is 0.407. The van der Waals surface area contributed by atoms with Gasteiger partial charge in [0.15, 0.2) is 0 Å². The molecule has 1 aliphatic rings. The molecular formula is C25H24ClN3O4S2. The van der Waals surface area contributed by atoms with Crippen LogP contribution in [0.5, 0.6) is 0 Å². The summed E-state index contributed by atoms with van der Waals surface area (Å²) in [5.41, 5.74) is 0.665. The van der Waals surface area contributed by atoms with Gasteiger partial charge < -0.3 is 4.90 Å². The third-order valence-corrected chi connectivity index (χ3v) is 9.17. The Morgan fingerprint density at radius 2 is 1.80 bits per heavy atom. The summed E-state index contributed by atoms with van der Waals surface area (Å²) in [6.45, 7) is 1.34. The summed E-state index contributed by atoms with van der Waals surface area (Å²) in [6, 6.07) is 17.9. The molecule has 1 amide bonds. The van der Waals surface area contributed by atoms with Crippen molar-refractivity contribution in [2.75, 3.05) is 19.6 Å². The van der Waals surface area contributed by atoms with E-state index in [1.54, 1.807) is 35.2 Å². The van der Waals surface area contributed by atoms with Crippen molar-refractivity contribution in [3.05, 3.63) is 75.4 Å². The van der Waals surface area contributed by atoms with E-state index in [-0.39, 0.29) is 28.1 Å². The van der Waals surface area contributed by atoms with Gasteiger partial charge in [-0.2, -0.15) is 0 Å². The predicted molar refractivity (Wildman–Crippen MR) is 140 cm³/mol. The van der Waals surface area contributed by atoms with Crippen LogP contribution in [0.25, 0.3) is 21.0 Å². The van der Waals surface area contributed by atoms with E-state index in [9.17, 15) is 18.0 Å². The van der Waals surface area contributed by atoms with E-state index in [0.29, 0.717) is 48.4 Å². The number of aromatic nitrogens is 1. The molecule has 0 aliphatic carbocycles. The lowest BCUT2D eigenvalue weighted by Crippen LogP contribution is -2.43. The molecule has 35 heavy (non-hydrogen) atoms. The molecule has 1 saturated heterocycles. The number of carbonyl (C=O) groups excluding carboxylic acids is 1. The highest BCUT2D eigenvalue weighted by atomic mass is 35.5. The number of benzene rings is 3. The minimum atomic E-state index is -3.66. The van der Waals surface area contributed by atoms with Crippen molar-refractivity contribution < 1.29 is 13.2 Å². The zero-order chi connectivity index (χ0) is 24.6. The van der Waals surface area contributed by atoms with E-state index in [1.165, 1.54) is 4.57 Å². The van der Waals surface area contributed by atoms with Crippen molar-refractivity contribution in [3.8, 4) is 0 Å². The van der Waals surface area contributed by atoms with Crippen molar-refractivity contribution >= 4 is 59.9 Å². The Bertz CT molecular complexity index is 1570. The van der Waals surface area contributed by atoms with Crippen molar-refractivity contribution in [3.63, 3.8) is 0 Å². The molecule has 5 rings (SSSR count). The van der Waals surface area contributed by atoms with Gasteiger partial charge in [-0.05, 0) is 48.4 Å². The number of fused-ring (bicyclic) bond motifs is 2. The average Bonchev–Trinajstić information content (AvgIpc) is 3.16. The molecule has 0 unspecified atom stereocenters. The standard InChI is InChI=1S/C25H24ClN3O4S2/c26-19-8-9-22-21(14-19)29(25(31)34-22)16-24(30)28-12-10-17(11-13-28)15-27-35(32,33)23-7-3-5-18-4-1-2-6-20(18)23/h1-9,14,17,27H,10-13,15-16H2. The number of halogens is 1. The molecule has 0 saturated carbocycles. The normalized spacial score (nSPS) is 15.2. The lowest BCUT2D eigenvalue weighted by Gasteiger charge is -2.32. The molecule has 182 valence electrons. The molecule has 1 aromatic heterocycles. The molecular weight excluding hydrogens is 506 g/mol. The second-order valence-corrected chi connectivity index (χ2v) is 11.9. The maximum atomic E-state index is 13.0. The molecule has 0 spiro atoms. The summed E-state index contributed by atoms with van der Waals surface area (Å²) >= 11 is 7.17. The van der Waals surface area contributed by atoms with Crippen LogP contribution in [0.4, 0.5) is 0 Å². The van der Waals surface area contributed by atoms with Gasteiger partial charge in [0.25, 0.3) is 0 Å². The van der Waals surface area contributed by atoms with Gasteiger partial charge in [-0.3, -0.25) is 14.2 Å². The molecule has 2 heterocycles. The van der Waals surface area contributed by atoms with E-state index in [0.717, 1.165) is 21.4 Å². The Morgan fingerprint density at radius 1 is 1.06 bits per heavy atom. The number of likely N-dealkylation sites (tertiary alicyclic amines) is 1. The summed E-state index contributed by atoms with van der Waals surface area (Å²) < 4.78 is 31.0. The van der Waals surface area contributed by atoms with Crippen molar-refractivity contribution in [2.45, 2.75) is 24.3 Å². The number of sulfonamides is 1. The minimum absolute atomic E-state index is 0.0302. The number of rotatable bonds is 6. The van der Waals surface area contributed by atoms with Crippen LogP contribution in [0.15, 0.2) is 70.4 Å².